The lowest BCUT2D eigenvalue weighted by molar-refractivity contribution is 0.102. The van der Waals surface area contributed by atoms with E-state index >= 15 is 0 Å². The van der Waals surface area contributed by atoms with Gasteiger partial charge in [0.25, 0.3) is 0 Å². The third-order valence-corrected chi connectivity index (χ3v) is 5.11. The van der Waals surface area contributed by atoms with Gasteiger partial charge in [0.05, 0.1) is 17.6 Å². The summed E-state index contributed by atoms with van der Waals surface area (Å²) in [6.45, 7) is 8.67. The van der Waals surface area contributed by atoms with E-state index < -0.39 is 0 Å². The van der Waals surface area contributed by atoms with E-state index in [0.29, 0.717) is 5.75 Å². The molecule has 0 atom stereocenters. The summed E-state index contributed by atoms with van der Waals surface area (Å²) in [5.74, 6) is 2.03. The number of carbonyl (C=O) groups excluding carboxylic acids is 1. The van der Waals surface area contributed by atoms with Gasteiger partial charge in [-0.25, -0.2) is 0 Å². The number of thioether (sulfide) groups is 1. The van der Waals surface area contributed by atoms with Crippen molar-refractivity contribution < 1.29 is 9.21 Å². The summed E-state index contributed by atoms with van der Waals surface area (Å²) in [4.78, 5) is 12.5. The molecule has 0 fully saturated rings. The van der Waals surface area contributed by atoms with Gasteiger partial charge in [-0.2, -0.15) is 0 Å². The van der Waals surface area contributed by atoms with Gasteiger partial charge in [-0.3, -0.25) is 4.79 Å². The van der Waals surface area contributed by atoms with Gasteiger partial charge in [0.15, 0.2) is 16.8 Å². The van der Waals surface area contributed by atoms with Gasteiger partial charge >= 0.3 is 0 Å². The van der Waals surface area contributed by atoms with Crippen molar-refractivity contribution in [2.45, 2.75) is 39.4 Å². The molecule has 3 rings (SSSR count). The number of carbonyl (C=O) groups is 1. The lowest BCUT2D eigenvalue weighted by Crippen LogP contribution is -2.07. The fourth-order valence-electron chi connectivity index (χ4n) is 2.83. The third-order valence-electron chi connectivity index (χ3n) is 4.15. The Morgan fingerprint density at radius 1 is 1.20 bits per heavy atom. The first-order valence-corrected chi connectivity index (χ1v) is 9.20. The van der Waals surface area contributed by atoms with Crippen LogP contribution in [0.3, 0.4) is 0 Å². The molecule has 0 amide bonds. The maximum Gasteiger partial charge on any atom is 0.191 e. The minimum Gasteiger partial charge on any atom is -0.469 e. The summed E-state index contributed by atoms with van der Waals surface area (Å²) in [5.41, 5.74) is 3.87. The normalized spacial score (nSPS) is 11.0. The molecule has 5 nitrogen and oxygen atoms in total. The minimum atomic E-state index is 0.106. The molecule has 0 aliphatic heterocycles. The van der Waals surface area contributed by atoms with E-state index in [-0.39, 0.29) is 5.78 Å². The van der Waals surface area contributed by atoms with Crippen LogP contribution < -0.4 is 0 Å². The fourth-order valence-corrected chi connectivity index (χ4v) is 3.72. The lowest BCUT2D eigenvalue weighted by atomic mass is 10.0. The number of rotatable bonds is 6. The van der Waals surface area contributed by atoms with Crippen LogP contribution in [0.5, 0.6) is 0 Å². The molecule has 0 aliphatic rings. The smallest absolute Gasteiger partial charge is 0.191 e. The summed E-state index contributed by atoms with van der Waals surface area (Å²) < 4.78 is 7.38. The zero-order chi connectivity index (χ0) is 18.0. The van der Waals surface area contributed by atoms with Gasteiger partial charge in [-0.05, 0) is 39.3 Å². The van der Waals surface area contributed by atoms with Crippen molar-refractivity contribution in [3.63, 3.8) is 0 Å². The molecule has 0 N–H and O–H groups in total. The molecule has 3 aromatic rings. The second kappa shape index (κ2) is 7.27. The van der Waals surface area contributed by atoms with E-state index in [1.807, 2.05) is 56.5 Å². The summed E-state index contributed by atoms with van der Waals surface area (Å²) >= 11 is 1.42. The van der Waals surface area contributed by atoms with Gasteiger partial charge in [0.1, 0.15) is 5.76 Å². The predicted octanol–water partition coefficient (Wildman–Crippen LogP) is 4.46. The molecule has 25 heavy (non-hydrogen) atoms. The summed E-state index contributed by atoms with van der Waals surface area (Å²) in [6, 6.07) is 7.80. The molecule has 1 aromatic carbocycles. The van der Waals surface area contributed by atoms with Crippen molar-refractivity contribution in [2.75, 3.05) is 5.75 Å². The molecule has 6 heteroatoms. The van der Waals surface area contributed by atoms with Crippen LogP contribution in [0.1, 0.15) is 34.2 Å². The summed E-state index contributed by atoms with van der Waals surface area (Å²) in [5, 5.41) is 9.31. The lowest BCUT2D eigenvalue weighted by Gasteiger charge is -2.08. The second-order valence-electron chi connectivity index (χ2n) is 5.97. The molecule has 0 aliphatic carbocycles. The molecule has 2 aromatic heterocycles. The number of hydrogen-bond donors (Lipinski definition) is 0. The molecule has 0 unspecified atom stereocenters. The maximum absolute atomic E-state index is 12.5. The Hall–Kier alpha value is -2.34. The number of nitrogens with zero attached hydrogens (tertiary/aromatic N) is 3. The Kier molecular flexibility index (Phi) is 5.08. The summed E-state index contributed by atoms with van der Waals surface area (Å²) in [7, 11) is 0. The molecule has 2 heterocycles. The second-order valence-corrected chi connectivity index (χ2v) is 6.91. The standard InChI is InChI=1S/C19H21N3O2S/c1-5-22-18(16-8-9-24-14(16)4)20-21-19(22)25-11-17(23)15-7-6-12(2)10-13(15)3/h6-10H,5,11H2,1-4H3. The van der Waals surface area contributed by atoms with Crippen molar-refractivity contribution in [1.82, 2.24) is 14.8 Å². The quantitative estimate of drug-likeness (QED) is 0.483. The van der Waals surface area contributed by atoms with E-state index in [1.54, 1.807) is 6.26 Å². The van der Waals surface area contributed by atoms with Gasteiger partial charge in [-0.1, -0.05) is 35.5 Å². The average Bonchev–Trinajstić information content (AvgIpc) is 3.17. The molecular formula is C19H21N3O2S. The highest BCUT2D eigenvalue weighted by Gasteiger charge is 2.18. The Labute approximate surface area is 151 Å². The highest BCUT2D eigenvalue weighted by Crippen LogP contribution is 2.27. The molecule has 130 valence electrons. The van der Waals surface area contributed by atoms with Crippen molar-refractivity contribution in [3.8, 4) is 11.4 Å². The fraction of sp³-hybridized carbons (Fsp3) is 0.316. The van der Waals surface area contributed by atoms with Crippen LogP contribution in [-0.2, 0) is 6.54 Å². The number of aromatic nitrogens is 3. The molecule has 0 bridgehead atoms. The Bertz CT molecular complexity index is 911. The van der Waals surface area contributed by atoms with Crippen LogP contribution in [0.15, 0.2) is 40.1 Å². The zero-order valence-corrected chi connectivity index (χ0v) is 15.7. The first-order valence-electron chi connectivity index (χ1n) is 8.22. The molecule has 0 spiro atoms. The number of aryl methyl sites for hydroxylation is 3. The number of benzene rings is 1. The van der Waals surface area contributed by atoms with E-state index in [4.69, 9.17) is 4.42 Å². The van der Waals surface area contributed by atoms with Gasteiger partial charge in [0, 0.05) is 12.1 Å². The van der Waals surface area contributed by atoms with Crippen LogP contribution >= 0.6 is 11.8 Å². The molecule has 0 radical (unpaired) electrons. The Morgan fingerprint density at radius 2 is 2.00 bits per heavy atom. The average molecular weight is 355 g/mol. The summed E-state index contributed by atoms with van der Waals surface area (Å²) in [6.07, 6.45) is 1.65. The highest BCUT2D eigenvalue weighted by atomic mass is 32.2. The van der Waals surface area contributed by atoms with Gasteiger partial charge in [-0.15, -0.1) is 10.2 Å². The predicted molar refractivity (Wildman–Crippen MR) is 99.1 cm³/mol. The van der Waals surface area contributed by atoms with Crippen LogP contribution in [0.25, 0.3) is 11.4 Å². The number of ketones is 1. The topological polar surface area (TPSA) is 60.9 Å². The van der Waals surface area contributed by atoms with Gasteiger partial charge in [0.2, 0.25) is 0 Å². The minimum absolute atomic E-state index is 0.106. The van der Waals surface area contributed by atoms with Crippen LogP contribution in [0.4, 0.5) is 0 Å². The Balaban J connectivity index is 1.79. The van der Waals surface area contributed by atoms with Gasteiger partial charge < -0.3 is 8.98 Å². The monoisotopic (exact) mass is 355 g/mol. The number of furan rings is 1. The van der Waals surface area contributed by atoms with Crippen molar-refractivity contribution in [1.29, 1.82) is 0 Å². The molecule has 0 saturated carbocycles. The van der Waals surface area contributed by atoms with Crippen LogP contribution in [-0.4, -0.2) is 26.3 Å². The number of hydrogen-bond acceptors (Lipinski definition) is 5. The van der Waals surface area contributed by atoms with Crippen molar-refractivity contribution in [3.05, 3.63) is 53.0 Å². The van der Waals surface area contributed by atoms with Crippen LogP contribution in [0, 0.1) is 20.8 Å². The largest absolute Gasteiger partial charge is 0.469 e. The SMILES string of the molecule is CCn1c(SCC(=O)c2ccc(C)cc2C)nnc1-c1ccoc1C. The highest BCUT2D eigenvalue weighted by molar-refractivity contribution is 7.99. The first kappa shape index (κ1) is 17.5. The molecule has 0 saturated heterocycles. The zero-order valence-electron chi connectivity index (χ0n) is 14.9. The van der Waals surface area contributed by atoms with Crippen molar-refractivity contribution >= 4 is 17.5 Å². The van der Waals surface area contributed by atoms with E-state index in [1.165, 1.54) is 11.8 Å². The van der Waals surface area contributed by atoms with Crippen molar-refractivity contribution in [2.24, 2.45) is 0 Å². The van der Waals surface area contributed by atoms with E-state index in [9.17, 15) is 4.79 Å². The van der Waals surface area contributed by atoms with Crippen LogP contribution in [0.2, 0.25) is 0 Å². The van der Waals surface area contributed by atoms with E-state index in [2.05, 4.69) is 10.2 Å². The number of Topliss-reactive ketones (excluding diaryl/α,β-unsaturated/α-hetero) is 1. The Morgan fingerprint density at radius 3 is 2.64 bits per heavy atom. The third kappa shape index (κ3) is 3.54. The van der Waals surface area contributed by atoms with E-state index in [0.717, 1.165) is 45.5 Å². The molecular weight excluding hydrogens is 334 g/mol. The first-order chi connectivity index (χ1) is 12.0. The maximum atomic E-state index is 12.5.